The average molecular weight is 459 g/mol. The number of hydrogen-bond acceptors (Lipinski definition) is 5. The van der Waals surface area contributed by atoms with Gasteiger partial charge in [0.1, 0.15) is 0 Å². The molecule has 2 saturated carbocycles. The highest BCUT2D eigenvalue weighted by molar-refractivity contribution is 5.74. The first-order valence-electron chi connectivity index (χ1n) is 12.9. The summed E-state index contributed by atoms with van der Waals surface area (Å²) in [5.74, 6) is 0.713. The van der Waals surface area contributed by atoms with Crippen molar-refractivity contribution in [2.24, 2.45) is 22.7 Å². The van der Waals surface area contributed by atoms with Crippen molar-refractivity contribution >= 4 is 5.57 Å². The van der Waals surface area contributed by atoms with Crippen molar-refractivity contribution in [3.63, 3.8) is 0 Å². The summed E-state index contributed by atoms with van der Waals surface area (Å²) in [7, 11) is 4.00. The van der Waals surface area contributed by atoms with Crippen LogP contribution in [0.4, 0.5) is 0 Å². The Labute approximate surface area is 201 Å². The Balaban J connectivity index is 1.30. The van der Waals surface area contributed by atoms with E-state index in [1.807, 2.05) is 26.2 Å². The summed E-state index contributed by atoms with van der Waals surface area (Å²) in [6.07, 6.45) is 9.09. The molecule has 0 amide bonds. The van der Waals surface area contributed by atoms with Crippen LogP contribution < -0.4 is 0 Å². The number of nitrogens with zero attached hydrogens (tertiary/aromatic N) is 2. The van der Waals surface area contributed by atoms with Crippen LogP contribution in [0.2, 0.25) is 0 Å². The van der Waals surface area contributed by atoms with E-state index in [0.29, 0.717) is 17.4 Å². The number of hydrogen-bond donors (Lipinski definition) is 2. The Bertz CT molecular complexity index is 1180. The van der Waals surface area contributed by atoms with Crippen LogP contribution >= 0.6 is 0 Å². The highest BCUT2D eigenvalue weighted by Crippen LogP contribution is 2.81. The predicted octanol–water partition coefficient (Wildman–Crippen LogP) is 3.66. The molecule has 2 bridgehead atoms. The first-order chi connectivity index (χ1) is 16.2. The van der Waals surface area contributed by atoms with E-state index in [2.05, 4.69) is 42.2 Å². The molecule has 5 heteroatoms. The second kappa shape index (κ2) is 6.42. The van der Waals surface area contributed by atoms with Gasteiger partial charge in [0.15, 0.2) is 0 Å². The topological polar surface area (TPSA) is 76.7 Å². The lowest BCUT2D eigenvalue weighted by molar-refractivity contribution is -0.248. The molecule has 178 valence electrons. The predicted molar refractivity (Wildman–Crippen MR) is 128 cm³/mol. The zero-order valence-corrected chi connectivity index (χ0v) is 20.3. The van der Waals surface area contributed by atoms with Crippen LogP contribution in [0.1, 0.15) is 56.6 Å². The summed E-state index contributed by atoms with van der Waals surface area (Å²) in [4.78, 5) is 2.07. The van der Waals surface area contributed by atoms with E-state index in [4.69, 9.17) is 4.74 Å². The molecule has 1 aromatic rings. The smallest absolute Gasteiger partial charge is 0.0991 e. The minimum atomic E-state index is -0.736. The van der Waals surface area contributed by atoms with E-state index in [1.54, 1.807) is 0 Å². The van der Waals surface area contributed by atoms with Gasteiger partial charge < -0.3 is 19.8 Å². The second-order valence-electron chi connectivity index (χ2n) is 12.3. The van der Waals surface area contributed by atoms with E-state index in [1.165, 1.54) is 16.7 Å². The first-order valence-corrected chi connectivity index (χ1v) is 12.9. The van der Waals surface area contributed by atoms with Gasteiger partial charge in [0.05, 0.1) is 35.0 Å². The molecule has 34 heavy (non-hydrogen) atoms. The average Bonchev–Trinajstić information content (AvgIpc) is 3.36. The molecule has 7 rings (SSSR count). The van der Waals surface area contributed by atoms with E-state index >= 15 is 0 Å². The van der Waals surface area contributed by atoms with Crippen LogP contribution in [0.25, 0.3) is 5.57 Å². The molecule has 4 aliphatic carbocycles. The molecule has 5 nitrogen and oxygen atoms in total. The fourth-order valence-corrected chi connectivity index (χ4v) is 9.36. The fourth-order valence-electron chi connectivity index (χ4n) is 9.36. The molecule has 6 aliphatic rings. The van der Waals surface area contributed by atoms with Crippen molar-refractivity contribution in [3.05, 3.63) is 53.1 Å². The van der Waals surface area contributed by atoms with E-state index in [-0.39, 0.29) is 28.1 Å². The third-order valence-corrected chi connectivity index (χ3v) is 11.0. The molecule has 2 aliphatic heterocycles. The standard InChI is InChI=1S/C29H34N2O3/c1-26-11-10-20-21-14-28(21)25(33)24(32)22(31(2)3)15-27(28)12-13-29(20,34-27)23(26)9-8-19(26)18-6-4-17(16-30)5-7-18/h4-8,10,21-25,32-33H,9,11-15H2,1-3H3. The number of likely N-dealkylation sites (N-methyl/N-ethyl adjacent to an activating group) is 1. The maximum absolute atomic E-state index is 11.5. The van der Waals surface area contributed by atoms with Gasteiger partial charge in [0.2, 0.25) is 0 Å². The summed E-state index contributed by atoms with van der Waals surface area (Å²) >= 11 is 0. The van der Waals surface area contributed by atoms with Gasteiger partial charge in [-0.1, -0.05) is 31.2 Å². The Kier molecular flexibility index (Phi) is 4.03. The Morgan fingerprint density at radius 2 is 1.85 bits per heavy atom. The lowest BCUT2D eigenvalue weighted by atomic mass is 9.57. The van der Waals surface area contributed by atoms with Gasteiger partial charge in [-0.3, -0.25) is 0 Å². The first kappa shape index (κ1) is 21.3. The molecule has 1 aromatic carbocycles. The van der Waals surface area contributed by atoms with E-state index in [9.17, 15) is 15.5 Å². The third-order valence-electron chi connectivity index (χ3n) is 11.0. The number of aliphatic hydroxyl groups excluding tert-OH is 2. The minimum absolute atomic E-state index is 0.00811. The van der Waals surface area contributed by atoms with Gasteiger partial charge in [-0.2, -0.15) is 5.26 Å². The molecule has 3 spiro atoms. The molecular weight excluding hydrogens is 424 g/mol. The number of fused-ring (bicyclic) bond motifs is 2. The molecule has 0 aromatic heterocycles. The van der Waals surface area contributed by atoms with Crippen LogP contribution in [0.3, 0.4) is 0 Å². The summed E-state index contributed by atoms with van der Waals surface area (Å²) < 4.78 is 7.38. The largest absolute Gasteiger partial charge is 0.390 e. The molecule has 9 unspecified atom stereocenters. The molecule has 4 fully saturated rings. The van der Waals surface area contributed by atoms with Crippen LogP contribution in [0.5, 0.6) is 0 Å². The van der Waals surface area contributed by atoms with Gasteiger partial charge in [0.25, 0.3) is 0 Å². The Morgan fingerprint density at radius 1 is 1.09 bits per heavy atom. The molecule has 0 radical (unpaired) electrons. The van der Waals surface area contributed by atoms with Gasteiger partial charge in [0, 0.05) is 22.8 Å². The molecule has 9 atom stereocenters. The number of ether oxygens (including phenoxy) is 1. The zero-order valence-electron chi connectivity index (χ0n) is 20.3. The summed E-state index contributed by atoms with van der Waals surface area (Å²) in [5.41, 5.74) is 3.78. The van der Waals surface area contributed by atoms with Gasteiger partial charge in [-0.25, -0.2) is 0 Å². The normalized spacial score (nSPS) is 49.9. The maximum Gasteiger partial charge on any atom is 0.0991 e. The van der Waals surface area contributed by atoms with Crippen molar-refractivity contribution in [1.82, 2.24) is 4.90 Å². The number of aliphatic hydroxyl groups is 2. The molecular formula is C29H34N2O3. The lowest BCUT2D eigenvalue weighted by Crippen LogP contribution is -2.67. The highest BCUT2D eigenvalue weighted by atomic mass is 16.5. The van der Waals surface area contributed by atoms with Crippen molar-refractivity contribution in [3.8, 4) is 6.07 Å². The quantitative estimate of drug-likeness (QED) is 0.662. The number of allylic oxidation sites excluding steroid dienone is 3. The van der Waals surface area contributed by atoms with Gasteiger partial charge >= 0.3 is 0 Å². The van der Waals surface area contributed by atoms with Crippen molar-refractivity contribution < 1.29 is 14.9 Å². The van der Waals surface area contributed by atoms with Crippen molar-refractivity contribution in [1.29, 1.82) is 5.26 Å². The SMILES string of the molecule is CN(C)C1CC23CCC4(O2)C(=CCC2(C)C(c5ccc(C#N)cc5)=CCC24)C2CC23C(O)C1O. The summed E-state index contributed by atoms with van der Waals surface area (Å²) in [6, 6.07) is 10.2. The fraction of sp³-hybridized carbons (Fsp3) is 0.621. The van der Waals surface area contributed by atoms with Crippen LogP contribution in [-0.4, -0.2) is 58.7 Å². The number of nitriles is 1. The van der Waals surface area contributed by atoms with Gasteiger partial charge in [-0.15, -0.1) is 0 Å². The van der Waals surface area contributed by atoms with Gasteiger partial charge in [-0.05, 0) is 87.4 Å². The molecule has 2 N–H and O–H groups in total. The maximum atomic E-state index is 11.5. The highest BCUT2D eigenvalue weighted by Gasteiger charge is 2.84. The minimum Gasteiger partial charge on any atom is -0.390 e. The molecule has 2 heterocycles. The van der Waals surface area contributed by atoms with E-state index in [0.717, 1.165) is 38.5 Å². The monoisotopic (exact) mass is 458 g/mol. The zero-order chi connectivity index (χ0) is 23.7. The third kappa shape index (κ3) is 2.21. The van der Waals surface area contributed by atoms with Crippen LogP contribution in [0.15, 0.2) is 42.0 Å². The van der Waals surface area contributed by atoms with E-state index < -0.39 is 12.2 Å². The van der Waals surface area contributed by atoms with Crippen molar-refractivity contribution in [2.75, 3.05) is 14.1 Å². The second-order valence-corrected chi connectivity index (χ2v) is 12.3. The van der Waals surface area contributed by atoms with Crippen molar-refractivity contribution in [2.45, 2.75) is 74.9 Å². The molecule has 2 saturated heterocycles. The summed E-state index contributed by atoms with van der Waals surface area (Å²) in [6.45, 7) is 2.40. The number of rotatable bonds is 2. The van der Waals surface area contributed by atoms with Crippen LogP contribution in [0, 0.1) is 34.0 Å². The number of benzene rings is 1. The Morgan fingerprint density at radius 3 is 2.56 bits per heavy atom. The Hall–Kier alpha value is -1.97. The lowest BCUT2D eigenvalue weighted by Gasteiger charge is -2.59. The summed E-state index contributed by atoms with van der Waals surface area (Å²) in [5, 5.41) is 31.7. The van der Waals surface area contributed by atoms with Crippen LogP contribution in [-0.2, 0) is 4.74 Å².